The molecule has 9 heteroatoms. The molecule has 0 radical (unpaired) electrons. The molecule has 0 aliphatic rings. The van der Waals surface area contributed by atoms with Crippen LogP contribution in [0.5, 0.6) is 17.2 Å². The number of ether oxygens (including phenoxy) is 3. The highest BCUT2D eigenvalue weighted by molar-refractivity contribution is 5.87. The SMILES string of the molecule is CCOC(=O)[C@H](Cc1cccc(Oc2ccc(OC)cc2)c1)NC(=O)C(F)(F)F. The molecule has 0 aliphatic heterocycles. The summed E-state index contributed by atoms with van der Waals surface area (Å²) in [6.45, 7) is 1.49. The largest absolute Gasteiger partial charge is 0.497 e. The highest BCUT2D eigenvalue weighted by Crippen LogP contribution is 2.25. The number of esters is 1. The summed E-state index contributed by atoms with van der Waals surface area (Å²) in [7, 11) is 1.54. The Bertz CT molecular complexity index is 837. The van der Waals surface area contributed by atoms with Crippen LogP contribution in [-0.4, -0.2) is 37.8 Å². The molecule has 6 nitrogen and oxygen atoms in total. The van der Waals surface area contributed by atoms with Gasteiger partial charge in [0, 0.05) is 6.42 Å². The standard InChI is InChI=1S/C20H20F3NO5/c1-3-28-18(25)17(24-19(26)20(21,22)23)12-13-5-4-6-16(11-13)29-15-9-7-14(27-2)8-10-15/h4-11,17H,3,12H2,1-2H3,(H,24,26)/t17-/m0/s1. The Labute approximate surface area is 165 Å². The molecule has 29 heavy (non-hydrogen) atoms. The number of carbonyl (C=O) groups excluding carboxylic acids is 2. The van der Waals surface area contributed by atoms with Crippen molar-refractivity contribution in [2.24, 2.45) is 0 Å². The summed E-state index contributed by atoms with van der Waals surface area (Å²) in [5.74, 6) is -1.57. The van der Waals surface area contributed by atoms with Crippen LogP contribution in [0.2, 0.25) is 0 Å². The van der Waals surface area contributed by atoms with E-state index in [1.54, 1.807) is 53.8 Å². The van der Waals surface area contributed by atoms with Crippen molar-refractivity contribution in [1.29, 1.82) is 0 Å². The zero-order valence-electron chi connectivity index (χ0n) is 15.8. The van der Waals surface area contributed by atoms with Gasteiger partial charge < -0.3 is 19.5 Å². The zero-order valence-corrected chi connectivity index (χ0v) is 15.8. The van der Waals surface area contributed by atoms with Gasteiger partial charge in [-0.3, -0.25) is 4.79 Å². The van der Waals surface area contributed by atoms with Gasteiger partial charge in [0.25, 0.3) is 0 Å². The minimum atomic E-state index is -5.11. The van der Waals surface area contributed by atoms with E-state index in [4.69, 9.17) is 14.2 Å². The first-order valence-corrected chi connectivity index (χ1v) is 8.68. The monoisotopic (exact) mass is 411 g/mol. The number of carbonyl (C=O) groups is 2. The maximum absolute atomic E-state index is 12.6. The van der Waals surface area contributed by atoms with Crippen molar-refractivity contribution in [1.82, 2.24) is 5.32 Å². The van der Waals surface area contributed by atoms with Gasteiger partial charge in [-0.25, -0.2) is 4.79 Å². The van der Waals surface area contributed by atoms with Gasteiger partial charge in [0.05, 0.1) is 13.7 Å². The molecule has 2 aromatic rings. The average molecular weight is 411 g/mol. The lowest BCUT2D eigenvalue weighted by atomic mass is 10.1. The Morgan fingerprint density at radius 1 is 1.03 bits per heavy atom. The second kappa shape index (κ2) is 9.81. The molecule has 0 bridgehead atoms. The van der Waals surface area contributed by atoms with Crippen LogP contribution >= 0.6 is 0 Å². The molecule has 156 valence electrons. The summed E-state index contributed by atoms with van der Waals surface area (Å²) in [5, 5.41) is 1.68. The number of nitrogens with one attached hydrogen (secondary N) is 1. The van der Waals surface area contributed by atoms with Crippen LogP contribution in [0.3, 0.4) is 0 Å². The van der Waals surface area contributed by atoms with Gasteiger partial charge in [-0.2, -0.15) is 13.2 Å². The zero-order chi connectivity index (χ0) is 21.4. The first-order chi connectivity index (χ1) is 13.7. The number of hydrogen-bond donors (Lipinski definition) is 1. The smallest absolute Gasteiger partial charge is 0.471 e. The van der Waals surface area contributed by atoms with E-state index in [9.17, 15) is 22.8 Å². The van der Waals surface area contributed by atoms with Crippen molar-refractivity contribution in [3.63, 3.8) is 0 Å². The van der Waals surface area contributed by atoms with E-state index in [1.807, 2.05) is 0 Å². The van der Waals surface area contributed by atoms with Crippen LogP contribution < -0.4 is 14.8 Å². The Kier molecular flexibility index (Phi) is 7.46. The van der Waals surface area contributed by atoms with Crippen LogP contribution in [0.1, 0.15) is 12.5 Å². The van der Waals surface area contributed by atoms with Gasteiger partial charge in [-0.15, -0.1) is 0 Å². The highest BCUT2D eigenvalue weighted by atomic mass is 19.4. The first-order valence-electron chi connectivity index (χ1n) is 8.68. The summed E-state index contributed by atoms with van der Waals surface area (Å²) in [4.78, 5) is 23.3. The molecule has 0 heterocycles. The lowest BCUT2D eigenvalue weighted by Gasteiger charge is -2.18. The van der Waals surface area contributed by atoms with Gasteiger partial charge in [-0.05, 0) is 48.9 Å². The fraction of sp³-hybridized carbons (Fsp3) is 0.300. The maximum atomic E-state index is 12.6. The number of amides is 1. The van der Waals surface area contributed by atoms with Crippen LogP contribution in [-0.2, 0) is 20.7 Å². The minimum absolute atomic E-state index is 0.0299. The molecular weight excluding hydrogens is 391 g/mol. The Balaban J connectivity index is 2.14. The third kappa shape index (κ3) is 6.70. The minimum Gasteiger partial charge on any atom is -0.497 e. The highest BCUT2D eigenvalue weighted by Gasteiger charge is 2.41. The third-order valence-corrected chi connectivity index (χ3v) is 3.77. The number of halogens is 3. The van der Waals surface area contributed by atoms with Crippen molar-refractivity contribution in [2.75, 3.05) is 13.7 Å². The molecule has 2 aromatic carbocycles. The van der Waals surface area contributed by atoms with E-state index < -0.39 is 24.1 Å². The Morgan fingerprint density at radius 2 is 1.69 bits per heavy atom. The second-order valence-electron chi connectivity index (χ2n) is 5.90. The molecule has 0 aromatic heterocycles. The number of hydrogen-bond acceptors (Lipinski definition) is 5. The van der Waals surface area contributed by atoms with E-state index in [-0.39, 0.29) is 13.0 Å². The van der Waals surface area contributed by atoms with Gasteiger partial charge >= 0.3 is 18.1 Å². The molecule has 0 saturated heterocycles. The molecule has 1 N–H and O–H groups in total. The quantitative estimate of drug-likeness (QED) is 0.672. The van der Waals surface area contributed by atoms with Crippen molar-refractivity contribution in [2.45, 2.75) is 25.6 Å². The van der Waals surface area contributed by atoms with Crippen molar-refractivity contribution >= 4 is 11.9 Å². The van der Waals surface area contributed by atoms with Crippen LogP contribution in [0.4, 0.5) is 13.2 Å². The molecule has 0 unspecified atom stereocenters. The van der Waals surface area contributed by atoms with Crippen LogP contribution in [0, 0.1) is 0 Å². The predicted octanol–water partition coefficient (Wildman–Crippen LogP) is 3.64. The molecule has 0 spiro atoms. The molecule has 0 saturated carbocycles. The molecule has 1 atom stereocenters. The number of alkyl halides is 3. The van der Waals surface area contributed by atoms with Crippen LogP contribution in [0.25, 0.3) is 0 Å². The topological polar surface area (TPSA) is 73.9 Å². The third-order valence-electron chi connectivity index (χ3n) is 3.77. The van der Waals surface area contributed by atoms with Crippen molar-refractivity contribution in [3.05, 3.63) is 54.1 Å². The molecule has 1 amide bonds. The number of rotatable bonds is 8. The molecular formula is C20H20F3NO5. The Morgan fingerprint density at radius 3 is 2.28 bits per heavy atom. The predicted molar refractivity (Wildman–Crippen MR) is 97.8 cm³/mol. The maximum Gasteiger partial charge on any atom is 0.471 e. The second-order valence-corrected chi connectivity index (χ2v) is 5.90. The fourth-order valence-electron chi connectivity index (χ4n) is 2.43. The van der Waals surface area contributed by atoms with Crippen molar-refractivity contribution < 1.29 is 37.0 Å². The lowest BCUT2D eigenvalue weighted by molar-refractivity contribution is -0.175. The number of methoxy groups -OCH3 is 1. The van der Waals surface area contributed by atoms with Gasteiger partial charge in [0.2, 0.25) is 0 Å². The van der Waals surface area contributed by atoms with E-state index in [0.29, 0.717) is 22.8 Å². The average Bonchev–Trinajstić information content (AvgIpc) is 2.68. The summed E-state index contributed by atoms with van der Waals surface area (Å²) in [5.41, 5.74) is 0.483. The number of benzene rings is 2. The summed E-state index contributed by atoms with van der Waals surface area (Å²) in [6.07, 6.45) is -5.30. The van der Waals surface area contributed by atoms with E-state index in [0.717, 1.165) is 0 Å². The van der Waals surface area contributed by atoms with E-state index in [1.165, 1.54) is 14.0 Å². The van der Waals surface area contributed by atoms with Gasteiger partial charge in [0.15, 0.2) is 0 Å². The first kappa shape index (κ1) is 22.1. The summed E-state index contributed by atoms with van der Waals surface area (Å²) >= 11 is 0. The summed E-state index contributed by atoms with van der Waals surface area (Å²) < 4.78 is 53.2. The normalized spacial score (nSPS) is 12.0. The van der Waals surface area contributed by atoms with E-state index in [2.05, 4.69) is 0 Å². The molecule has 0 aliphatic carbocycles. The van der Waals surface area contributed by atoms with Gasteiger partial charge in [-0.1, -0.05) is 12.1 Å². The Hall–Kier alpha value is -3.23. The lowest BCUT2D eigenvalue weighted by Crippen LogP contribution is -2.48. The molecule has 0 fully saturated rings. The van der Waals surface area contributed by atoms with Gasteiger partial charge in [0.1, 0.15) is 23.3 Å². The van der Waals surface area contributed by atoms with Crippen LogP contribution in [0.15, 0.2) is 48.5 Å². The van der Waals surface area contributed by atoms with E-state index >= 15 is 0 Å². The molecule has 2 rings (SSSR count). The van der Waals surface area contributed by atoms with Crippen molar-refractivity contribution in [3.8, 4) is 17.2 Å². The fourth-order valence-corrected chi connectivity index (χ4v) is 2.43. The summed E-state index contributed by atoms with van der Waals surface area (Å²) in [6, 6.07) is 11.8.